The fourth-order valence-corrected chi connectivity index (χ4v) is 2.87. The normalized spacial score (nSPS) is 16.2. The highest BCUT2D eigenvalue weighted by Crippen LogP contribution is 2.14. The number of aromatic hydroxyl groups is 1. The Balaban J connectivity index is 2.85. The molecule has 1 aromatic carbocycles. The van der Waals surface area contributed by atoms with Crippen LogP contribution in [0, 0.1) is 11.8 Å². The van der Waals surface area contributed by atoms with E-state index < -0.39 is 35.9 Å². The molecule has 0 bridgehead atoms. The molecule has 0 saturated carbocycles. The summed E-state index contributed by atoms with van der Waals surface area (Å²) in [4.78, 5) is 36.9. The number of nitrogens with one attached hydrogen (secondary N) is 2. The van der Waals surface area contributed by atoms with Crippen molar-refractivity contribution in [2.75, 3.05) is 0 Å². The summed E-state index contributed by atoms with van der Waals surface area (Å²) < 4.78 is 0. The SMILES string of the molecule is CCC(C)C(NC(=O)C(NC(=O)C(N)Cc1ccc(O)cc1)C(C)CC)C(=O)O. The van der Waals surface area contributed by atoms with E-state index in [-0.39, 0.29) is 24.0 Å². The molecule has 0 radical (unpaired) electrons. The smallest absolute Gasteiger partial charge is 0.326 e. The lowest BCUT2D eigenvalue weighted by molar-refractivity contribution is -0.144. The molecule has 0 heterocycles. The van der Waals surface area contributed by atoms with E-state index in [0.29, 0.717) is 12.8 Å². The average molecular weight is 408 g/mol. The molecular weight excluding hydrogens is 374 g/mol. The molecule has 8 heteroatoms. The minimum Gasteiger partial charge on any atom is -0.508 e. The zero-order valence-corrected chi connectivity index (χ0v) is 17.5. The van der Waals surface area contributed by atoms with Crippen molar-refractivity contribution in [3.63, 3.8) is 0 Å². The van der Waals surface area contributed by atoms with E-state index in [9.17, 15) is 24.6 Å². The van der Waals surface area contributed by atoms with Crippen LogP contribution in [0.1, 0.15) is 46.1 Å². The Morgan fingerprint density at radius 3 is 1.90 bits per heavy atom. The number of phenols is 1. The van der Waals surface area contributed by atoms with Crippen LogP contribution < -0.4 is 16.4 Å². The Bertz CT molecular complexity index is 692. The summed E-state index contributed by atoms with van der Waals surface area (Å²) in [6.07, 6.45) is 1.45. The number of nitrogens with two attached hydrogens (primary N) is 1. The molecule has 0 saturated heterocycles. The fourth-order valence-electron chi connectivity index (χ4n) is 2.87. The summed E-state index contributed by atoms with van der Waals surface area (Å²) in [5.41, 5.74) is 6.77. The van der Waals surface area contributed by atoms with E-state index >= 15 is 0 Å². The third-order valence-corrected chi connectivity index (χ3v) is 5.30. The molecule has 0 aromatic heterocycles. The summed E-state index contributed by atoms with van der Waals surface area (Å²) in [6.45, 7) is 7.30. The van der Waals surface area contributed by atoms with Gasteiger partial charge in [-0.05, 0) is 36.0 Å². The van der Waals surface area contributed by atoms with E-state index in [2.05, 4.69) is 10.6 Å². The lowest BCUT2D eigenvalue weighted by Crippen LogP contribution is -2.57. The maximum atomic E-state index is 12.8. The summed E-state index contributed by atoms with van der Waals surface area (Å²) in [5, 5.41) is 24.0. The van der Waals surface area contributed by atoms with Crippen LogP contribution in [-0.4, -0.2) is 46.1 Å². The average Bonchev–Trinajstić information content (AvgIpc) is 2.69. The van der Waals surface area contributed by atoms with Crippen LogP contribution in [0.5, 0.6) is 5.75 Å². The highest BCUT2D eigenvalue weighted by molar-refractivity contribution is 5.92. The zero-order valence-electron chi connectivity index (χ0n) is 17.5. The summed E-state index contributed by atoms with van der Waals surface area (Å²) in [6, 6.07) is 3.57. The molecule has 1 rings (SSSR count). The van der Waals surface area contributed by atoms with Crippen molar-refractivity contribution in [3.05, 3.63) is 29.8 Å². The van der Waals surface area contributed by atoms with Crippen LogP contribution >= 0.6 is 0 Å². The molecule has 8 nitrogen and oxygen atoms in total. The minimum atomic E-state index is -1.11. The first kappa shape index (κ1) is 24.4. The number of benzene rings is 1. The largest absolute Gasteiger partial charge is 0.508 e. The maximum Gasteiger partial charge on any atom is 0.326 e. The van der Waals surface area contributed by atoms with Crippen molar-refractivity contribution in [2.45, 2.75) is 65.1 Å². The number of rotatable bonds is 11. The lowest BCUT2D eigenvalue weighted by atomic mass is 9.95. The zero-order chi connectivity index (χ0) is 22.1. The van der Waals surface area contributed by atoms with Gasteiger partial charge in [0.25, 0.3) is 0 Å². The van der Waals surface area contributed by atoms with E-state index in [0.717, 1.165) is 5.56 Å². The van der Waals surface area contributed by atoms with E-state index in [1.807, 2.05) is 20.8 Å². The maximum absolute atomic E-state index is 12.8. The fraction of sp³-hybridized carbons (Fsp3) is 0.571. The number of amides is 2. The van der Waals surface area contributed by atoms with Gasteiger partial charge in [-0.25, -0.2) is 4.79 Å². The van der Waals surface area contributed by atoms with Crippen molar-refractivity contribution < 1.29 is 24.6 Å². The molecule has 5 atom stereocenters. The molecule has 0 aliphatic carbocycles. The Hall–Kier alpha value is -2.61. The van der Waals surface area contributed by atoms with Crippen LogP contribution in [0.4, 0.5) is 0 Å². The summed E-state index contributed by atoms with van der Waals surface area (Å²) in [7, 11) is 0. The van der Waals surface area contributed by atoms with Gasteiger partial charge >= 0.3 is 5.97 Å². The first-order valence-corrected chi connectivity index (χ1v) is 9.97. The van der Waals surface area contributed by atoms with E-state index in [4.69, 9.17) is 5.73 Å². The molecule has 0 aliphatic heterocycles. The van der Waals surface area contributed by atoms with Gasteiger partial charge in [-0.1, -0.05) is 52.7 Å². The second-order valence-electron chi connectivity index (χ2n) is 7.56. The molecular formula is C21H33N3O5. The second kappa shape index (κ2) is 11.4. The predicted octanol–water partition coefficient (Wildman–Crippen LogP) is 1.41. The summed E-state index contributed by atoms with van der Waals surface area (Å²) in [5.74, 6) is -2.46. The van der Waals surface area contributed by atoms with Crippen molar-refractivity contribution in [3.8, 4) is 5.75 Å². The molecule has 162 valence electrons. The lowest BCUT2D eigenvalue weighted by Gasteiger charge is -2.28. The van der Waals surface area contributed by atoms with Crippen molar-refractivity contribution >= 4 is 17.8 Å². The van der Waals surface area contributed by atoms with E-state index in [1.165, 1.54) is 12.1 Å². The van der Waals surface area contributed by atoms with Crippen molar-refractivity contribution in [1.82, 2.24) is 10.6 Å². The predicted molar refractivity (Wildman–Crippen MR) is 110 cm³/mol. The Morgan fingerprint density at radius 2 is 1.41 bits per heavy atom. The van der Waals surface area contributed by atoms with Gasteiger partial charge in [0.1, 0.15) is 17.8 Å². The number of carboxylic acids is 1. The van der Waals surface area contributed by atoms with E-state index in [1.54, 1.807) is 19.1 Å². The monoisotopic (exact) mass is 407 g/mol. The summed E-state index contributed by atoms with van der Waals surface area (Å²) >= 11 is 0. The topological polar surface area (TPSA) is 142 Å². The van der Waals surface area contributed by atoms with Gasteiger partial charge in [-0.2, -0.15) is 0 Å². The first-order chi connectivity index (χ1) is 13.6. The van der Waals surface area contributed by atoms with Gasteiger partial charge in [0, 0.05) is 0 Å². The van der Waals surface area contributed by atoms with Gasteiger partial charge in [0.05, 0.1) is 6.04 Å². The molecule has 1 aromatic rings. The second-order valence-corrected chi connectivity index (χ2v) is 7.56. The standard InChI is InChI=1S/C21H33N3O5/c1-5-12(3)17(20(27)24-18(21(28)29)13(4)6-2)23-19(26)16(22)11-14-7-9-15(25)10-8-14/h7-10,12-13,16-18,25H,5-6,11,22H2,1-4H3,(H,23,26)(H,24,27)(H,28,29). The van der Waals surface area contributed by atoms with Crippen LogP contribution in [0.25, 0.3) is 0 Å². The number of carbonyl (C=O) groups excluding carboxylic acids is 2. The highest BCUT2D eigenvalue weighted by Gasteiger charge is 2.32. The number of carboxylic acid groups (broad SMARTS) is 1. The van der Waals surface area contributed by atoms with Crippen molar-refractivity contribution in [2.24, 2.45) is 17.6 Å². The van der Waals surface area contributed by atoms with Gasteiger partial charge in [-0.15, -0.1) is 0 Å². The Kier molecular flexibility index (Phi) is 9.61. The molecule has 29 heavy (non-hydrogen) atoms. The molecule has 5 unspecified atom stereocenters. The van der Waals surface area contributed by atoms with Crippen LogP contribution in [-0.2, 0) is 20.8 Å². The number of phenolic OH excluding ortho intramolecular Hbond substituents is 1. The van der Waals surface area contributed by atoms with Crippen LogP contribution in [0.15, 0.2) is 24.3 Å². The third kappa shape index (κ3) is 7.38. The van der Waals surface area contributed by atoms with Gasteiger partial charge in [0.2, 0.25) is 11.8 Å². The highest BCUT2D eigenvalue weighted by atomic mass is 16.4. The molecule has 0 fully saturated rings. The quantitative estimate of drug-likeness (QED) is 0.375. The van der Waals surface area contributed by atoms with Crippen molar-refractivity contribution in [1.29, 1.82) is 0 Å². The minimum absolute atomic E-state index is 0.120. The van der Waals surface area contributed by atoms with Gasteiger partial charge < -0.3 is 26.6 Å². The molecule has 0 aliphatic rings. The third-order valence-electron chi connectivity index (χ3n) is 5.30. The number of carbonyl (C=O) groups is 3. The Morgan fingerprint density at radius 1 is 0.931 bits per heavy atom. The first-order valence-electron chi connectivity index (χ1n) is 9.97. The number of hydrogen-bond acceptors (Lipinski definition) is 5. The van der Waals surface area contributed by atoms with Gasteiger partial charge in [-0.3, -0.25) is 9.59 Å². The molecule has 2 amide bonds. The molecule has 0 spiro atoms. The van der Waals surface area contributed by atoms with Crippen LogP contribution in [0.2, 0.25) is 0 Å². The number of hydrogen-bond donors (Lipinski definition) is 5. The van der Waals surface area contributed by atoms with Crippen LogP contribution in [0.3, 0.4) is 0 Å². The molecule has 6 N–H and O–H groups in total. The van der Waals surface area contributed by atoms with Gasteiger partial charge in [0.15, 0.2) is 0 Å². The number of aliphatic carboxylic acids is 1. The Labute approximate surface area is 171 Å².